The van der Waals surface area contributed by atoms with Crippen molar-refractivity contribution in [3.8, 4) is 0 Å². The molecule has 36 valence electrons. The first-order valence-electron chi connectivity index (χ1n) is 0.548. The van der Waals surface area contributed by atoms with Crippen molar-refractivity contribution in [2.24, 2.45) is 0 Å². The molecule has 0 aromatic heterocycles. The molecule has 0 N–H and O–H groups in total. The van der Waals surface area contributed by atoms with Crippen LogP contribution in [0.25, 0.3) is 0 Å². The van der Waals surface area contributed by atoms with Crippen LogP contribution in [0.15, 0.2) is 0 Å². The monoisotopic (exact) mass is 157 g/mol. The topological polar surface area (TPSA) is 66.2 Å². The van der Waals surface area contributed by atoms with E-state index in [0.717, 1.165) is 0 Å². The van der Waals surface area contributed by atoms with Gasteiger partial charge in [-0.05, 0) is 0 Å². The molecule has 0 unspecified atom stereocenters. The molecule has 0 fully saturated rings. The van der Waals surface area contributed by atoms with Gasteiger partial charge in [-0.2, -0.15) is 0 Å². The van der Waals surface area contributed by atoms with Gasteiger partial charge in [-0.1, -0.05) is 0 Å². The van der Waals surface area contributed by atoms with Gasteiger partial charge in [-0.3, -0.25) is 0 Å². The molecule has 0 bridgehead atoms. The zero-order valence-electron chi connectivity index (χ0n) is 8.25. The van der Waals surface area contributed by atoms with Crippen molar-refractivity contribution in [3.05, 3.63) is 15.3 Å². The summed E-state index contributed by atoms with van der Waals surface area (Å²) >= 11 is 0. The van der Waals surface area contributed by atoms with Crippen molar-refractivity contribution in [1.29, 1.82) is 0 Å². The predicted octanol–water partition coefficient (Wildman–Crippen LogP) is 0.433. The molecule has 0 amide bonds. The third-order valence-electron chi connectivity index (χ3n) is 0. The fraction of sp³-hybridized carbons (Fsp3) is 0. The van der Waals surface area contributed by atoms with E-state index in [1.54, 1.807) is 0 Å². The molecule has 0 spiro atoms. The second-order valence-corrected chi connectivity index (χ2v) is 0.224. The van der Waals surface area contributed by atoms with Crippen molar-refractivity contribution in [2.45, 2.75) is 0 Å². The fourth-order valence-corrected chi connectivity index (χ4v) is 0. The van der Waals surface area contributed by atoms with Crippen LogP contribution >= 0.6 is 0 Å². The van der Waals surface area contributed by atoms with E-state index in [0.29, 0.717) is 0 Å². The summed E-state index contributed by atoms with van der Waals surface area (Å²) in [5.74, 6) is 0. The molecule has 0 aromatic carbocycles. The average Bonchev–Trinajstić information content (AvgIpc) is 0.811. The molecule has 0 radical (unpaired) electrons. The third kappa shape index (κ3) is 247. The van der Waals surface area contributed by atoms with Gasteiger partial charge in [0, 0.05) is 0 Å². The molecular weight excluding hydrogens is 151 g/mol. The number of rotatable bonds is 0. The first-order valence-corrected chi connectivity index (χ1v) is 0.548. The van der Waals surface area contributed by atoms with Crippen LogP contribution < -0.4 is 0 Å². The maximum absolute atomic E-state index is 8.25. The minimum absolute atomic E-state index is 0. The van der Waals surface area contributed by atoms with Crippen LogP contribution in [0.5, 0.6) is 0 Å². The number of hydrogen-bond donors (Lipinski definition) is 0. The molecule has 0 aliphatic rings. The van der Waals surface area contributed by atoms with E-state index in [9.17, 15) is 0 Å². The van der Waals surface area contributed by atoms with E-state index >= 15 is 0 Å². The van der Waals surface area contributed by atoms with Crippen LogP contribution in [0, 0.1) is 15.3 Å². The molecule has 0 saturated carbocycles. The molecule has 0 saturated heterocycles. The third-order valence-corrected chi connectivity index (χ3v) is 0. The molecule has 0 aliphatic heterocycles. The van der Waals surface area contributed by atoms with Crippen LogP contribution in [0.1, 0.15) is 8.56 Å². The van der Waals surface area contributed by atoms with E-state index in [1.165, 1.54) is 0 Å². The van der Waals surface area contributed by atoms with Crippen molar-refractivity contribution in [1.82, 2.24) is 0 Å². The summed E-state index contributed by atoms with van der Waals surface area (Å²) in [6, 6.07) is 0. The maximum atomic E-state index is 8.25. The Hall–Kier alpha value is 0.304. The largest absolute Gasteiger partial charge is 3.00 e. The Kier molecular flexibility index (Phi) is 7.75. The predicted molar refractivity (Wildman–Crippen MR) is 17.0 cm³/mol. The number of nitrogens with zero attached hydrogens (tertiary/aromatic N) is 1. The van der Waals surface area contributed by atoms with Crippen LogP contribution in [0.3, 0.4) is 0 Å². The van der Waals surface area contributed by atoms with Gasteiger partial charge in [0.25, 0.3) is 0 Å². The first-order chi connectivity index (χ1) is 1.73. The second-order valence-electron chi connectivity index (χ2n) is 0.224. The van der Waals surface area contributed by atoms with Crippen molar-refractivity contribution in [3.63, 3.8) is 0 Å². The van der Waals surface area contributed by atoms with Crippen LogP contribution in [-0.2, 0) is 32.7 Å². The molecule has 0 atom stereocenters. The molecule has 0 heterocycles. The normalized spacial score (nSPS) is 4.80. The van der Waals surface area contributed by atoms with E-state index in [4.69, 9.17) is 15.3 Å². The quantitative estimate of drug-likeness (QED) is 0.378. The van der Waals surface area contributed by atoms with Gasteiger partial charge in [0.2, 0.25) is 0 Å². The zero-order chi connectivity index (χ0) is 3.58. The summed E-state index contributed by atoms with van der Waals surface area (Å²) in [5.41, 5.74) is 0. The molecular formula is H6NO3Y-4. The molecule has 0 aromatic rings. The second kappa shape index (κ2) is 4.30. The summed E-state index contributed by atoms with van der Waals surface area (Å²) in [4.78, 5) is 8.25. The Labute approximate surface area is 62.1 Å². The van der Waals surface area contributed by atoms with Gasteiger partial charge < -0.3 is 23.9 Å². The molecule has 0 rings (SSSR count). The maximum Gasteiger partial charge on any atom is 3.00 e. The SMILES string of the molecule is O=[N+]([O-])[O-].[H-].[H-].[H-].[H-].[H-].[H-].[Y+3]. The summed E-state index contributed by atoms with van der Waals surface area (Å²) in [6.07, 6.45) is 0. The Morgan fingerprint density at radius 2 is 1.60 bits per heavy atom. The van der Waals surface area contributed by atoms with Gasteiger partial charge in [0.05, 0.1) is 5.09 Å². The minimum Gasteiger partial charge on any atom is -1.00 e. The first kappa shape index (κ1) is 9.00. The van der Waals surface area contributed by atoms with Gasteiger partial charge in [0.15, 0.2) is 0 Å². The smallest absolute Gasteiger partial charge is 1.00 e. The Balaban J connectivity index is -0.00000000214. The van der Waals surface area contributed by atoms with Crippen molar-refractivity contribution in [2.75, 3.05) is 0 Å². The van der Waals surface area contributed by atoms with Crippen LogP contribution in [-0.4, -0.2) is 5.09 Å². The molecule has 5 heteroatoms. The van der Waals surface area contributed by atoms with E-state index in [1.807, 2.05) is 0 Å². The Morgan fingerprint density at radius 3 is 1.60 bits per heavy atom. The minimum atomic E-state index is -1.75. The summed E-state index contributed by atoms with van der Waals surface area (Å²) < 4.78 is 0. The fourth-order valence-electron chi connectivity index (χ4n) is 0. The van der Waals surface area contributed by atoms with Gasteiger partial charge in [-0.15, -0.1) is 0 Å². The Bertz CT molecular complexity index is 40.8. The van der Waals surface area contributed by atoms with Crippen molar-refractivity contribution < 1.29 is 46.4 Å². The van der Waals surface area contributed by atoms with Gasteiger partial charge in [-0.25, -0.2) is 0 Å². The zero-order valence-corrected chi connectivity index (χ0v) is 5.09. The summed E-state index contributed by atoms with van der Waals surface area (Å²) in [6.45, 7) is 0. The van der Waals surface area contributed by atoms with E-state index < -0.39 is 5.09 Å². The molecule has 0 aliphatic carbocycles. The average molecular weight is 157 g/mol. The van der Waals surface area contributed by atoms with Crippen LogP contribution in [0.2, 0.25) is 0 Å². The number of hydrogen-bond acceptors (Lipinski definition) is 3. The van der Waals surface area contributed by atoms with Crippen molar-refractivity contribution >= 4 is 0 Å². The van der Waals surface area contributed by atoms with Gasteiger partial charge >= 0.3 is 32.7 Å². The molecule has 4 nitrogen and oxygen atoms in total. The van der Waals surface area contributed by atoms with E-state index in [2.05, 4.69) is 0 Å². The summed E-state index contributed by atoms with van der Waals surface area (Å²) in [5, 5.41) is 14.8. The summed E-state index contributed by atoms with van der Waals surface area (Å²) in [7, 11) is 0. The van der Waals surface area contributed by atoms with E-state index in [-0.39, 0.29) is 41.3 Å². The van der Waals surface area contributed by atoms with Crippen LogP contribution in [0.4, 0.5) is 0 Å². The Morgan fingerprint density at radius 1 is 1.60 bits per heavy atom. The van der Waals surface area contributed by atoms with Gasteiger partial charge in [0.1, 0.15) is 0 Å². The standard InChI is InChI=1S/NO3.Y.6H/c2-1(3)4;;;;;;;/q-1;+3;6*-1. The molecule has 5 heavy (non-hydrogen) atoms.